The number of hydrogen-bond donors (Lipinski definition) is 0. The summed E-state index contributed by atoms with van der Waals surface area (Å²) in [5.41, 5.74) is 1.71. The van der Waals surface area contributed by atoms with E-state index in [9.17, 15) is 14.4 Å². The van der Waals surface area contributed by atoms with Crippen LogP contribution in [-0.4, -0.2) is 30.7 Å². The number of nitrogens with zero attached hydrogens (tertiary/aromatic N) is 2. The van der Waals surface area contributed by atoms with E-state index in [0.29, 0.717) is 32.1 Å². The number of allylic oxidation sites excluding steroid dienone is 1. The zero-order chi connectivity index (χ0) is 28.6. The summed E-state index contributed by atoms with van der Waals surface area (Å²) < 4.78 is 24.5. The molecule has 4 aromatic rings. The third kappa shape index (κ3) is 5.17. The number of esters is 2. The molecule has 40 heavy (non-hydrogen) atoms. The molecule has 0 spiro atoms. The monoisotopic (exact) mass is 622 g/mol. The second-order valence-electron chi connectivity index (χ2n) is 8.79. The fraction of sp³-hybridized carbons (Fsp3) is 0.172. The second kappa shape index (κ2) is 11.1. The average molecular weight is 623 g/mol. The number of furan rings is 1. The molecular formula is C29H23BrN2O7S. The molecule has 0 N–H and O–H groups in total. The molecule has 0 amide bonds. The first-order chi connectivity index (χ1) is 19.2. The number of aromatic nitrogens is 1. The van der Waals surface area contributed by atoms with Crippen molar-refractivity contribution in [1.29, 1.82) is 0 Å². The molecule has 0 saturated carbocycles. The number of thiazole rings is 1. The summed E-state index contributed by atoms with van der Waals surface area (Å²) in [6.07, 6.45) is 1.66. The van der Waals surface area contributed by atoms with Crippen molar-refractivity contribution >= 4 is 45.3 Å². The van der Waals surface area contributed by atoms with Crippen molar-refractivity contribution in [2.75, 3.05) is 14.2 Å². The molecule has 1 atom stereocenters. The number of carbonyl (C=O) groups is 2. The molecule has 11 heteroatoms. The molecule has 204 valence electrons. The highest BCUT2D eigenvalue weighted by atomic mass is 79.9. The maximum absolute atomic E-state index is 13.8. The summed E-state index contributed by atoms with van der Waals surface area (Å²) in [6.45, 7) is 2.98. The van der Waals surface area contributed by atoms with E-state index in [0.717, 1.165) is 10.0 Å². The van der Waals surface area contributed by atoms with Crippen molar-refractivity contribution in [3.8, 4) is 22.8 Å². The molecule has 3 heterocycles. The molecule has 1 unspecified atom stereocenters. The molecule has 2 aromatic heterocycles. The predicted octanol–water partition coefficient (Wildman–Crippen LogP) is 4.36. The summed E-state index contributed by atoms with van der Waals surface area (Å²) in [5, 5.41) is 0. The van der Waals surface area contributed by atoms with Gasteiger partial charge in [0.15, 0.2) is 16.3 Å². The normalized spacial score (nSPS) is 14.9. The summed E-state index contributed by atoms with van der Waals surface area (Å²) in [6, 6.07) is 15.3. The van der Waals surface area contributed by atoms with Gasteiger partial charge in [0.2, 0.25) is 0 Å². The van der Waals surface area contributed by atoms with Gasteiger partial charge in [-0.2, -0.15) is 0 Å². The standard InChI is InChI=1S/C29H23BrN2O7S/c1-15-25(28(35)37-4)26(18-8-10-22(38-16(2)33)23(13-18)36-3)32-27(34)24(40-29(32)31-15)14-20-9-11-21(39-20)17-6-5-7-19(30)12-17/h5-14,26H,1-4H3/b24-14-. The molecule has 2 aromatic carbocycles. The Kier molecular flexibility index (Phi) is 7.59. The summed E-state index contributed by atoms with van der Waals surface area (Å²) in [5.74, 6) is 0.504. The third-order valence-electron chi connectivity index (χ3n) is 6.19. The van der Waals surface area contributed by atoms with Gasteiger partial charge in [-0.15, -0.1) is 0 Å². The van der Waals surface area contributed by atoms with Crippen molar-refractivity contribution in [2.24, 2.45) is 4.99 Å². The van der Waals surface area contributed by atoms with Gasteiger partial charge in [0.25, 0.3) is 5.56 Å². The molecular weight excluding hydrogens is 600 g/mol. The number of methoxy groups -OCH3 is 2. The first kappa shape index (κ1) is 27.4. The molecule has 9 nitrogen and oxygen atoms in total. The molecule has 0 radical (unpaired) electrons. The van der Waals surface area contributed by atoms with Crippen LogP contribution in [0.15, 0.2) is 84.5 Å². The van der Waals surface area contributed by atoms with E-state index in [4.69, 9.17) is 18.6 Å². The van der Waals surface area contributed by atoms with Gasteiger partial charge in [0.05, 0.1) is 36.1 Å². The number of ether oxygens (including phenoxy) is 3. The maximum atomic E-state index is 13.8. The molecule has 1 aliphatic rings. The lowest BCUT2D eigenvalue weighted by atomic mass is 9.95. The van der Waals surface area contributed by atoms with Crippen LogP contribution in [0.3, 0.4) is 0 Å². The lowest BCUT2D eigenvalue weighted by Gasteiger charge is -2.25. The van der Waals surface area contributed by atoms with E-state index in [1.54, 1.807) is 37.3 Å². The smallest absolute Gasteiger partial charge is 0.338 e. The SMILES string of the molecule is COC(=O)C1=C(C)N=c2s/c(=C\c3ccc(-c4cccc(Br)c4)o3)c(=O)n2C1c1ccc(OC(C)=O)c(OC)c1. The Labute approximate surface area is 240 Å². The molecule has 1 aliphatic heterocycles. The van der Waals surface area contributed by atoms with Crippen molar-refractivity contribution in [3.63, 3.8) is 0 Å². The van der Waals surface area contributed by atoms with Gasteiger partial charge in [-0.3, -0.25) is 14.2 Å². The van der Waals surface area contributed by atoms with Gasteiger partial charge in [0, 0.05) is 23.0 Å². The molecule has 0 bridgehead atoms. The largest absolute Gasteiger partial charge is 0.493 e. The minimum atomic E-state index is -0.861. The lowest BCUT2D eigenvalue weighted by Crippen LogP contribution is -2.39. The summed E-state index contributed by atoms with van der Waals surface area (Å²) in [7, 11) is 2.71. The molecule has 5 rings (SSSR count). The number of halogens is 1. The van der Waals surface area contributed by atoms with E-state index in [1.807, 2.05) is 30.3 Å². The zero-order valence-corrected chi connectivity index (χ0v) is 24.3. The number of fused-ring (bicyclic) bond motifs is 1. The Bertz CT molecular complexity index is 1870. The van der Waals surface area contributed by atoms with E-state index in [2.05, 4.69) is 20.9 Å². The Morgan fingerprint density at radius 2 is 1.90 bits per heavy atom. The average Bonchev–Trinajstić information content (AvgIpc) is 3.52. The fourth-order valence-corrected chi connectivity index (χ4v) is 5.88. The number of hydrogen-bond acceptors (Lipinski definition) is 9. The van der Waals surface area contributed by atoms with E-state index >= 15 is 0 Å². The van der Waals surface area contributed by atoms with Crippen LogP contribution in [-0.2, 0) is 14.3 Å². The van der Waals surface area contributed by atoms with Gasteiger partial charge in [-0.05, 0) is 48.9 Å². The topological polar surface area (TPSA) is 109 Å². The van der Waals surface area contributed by atoms with Crippen LogP contribution in [0, 0.1) is 0 Å². The zero-order valence-electron chi connectivity index (χ0n) is 21.9. The van der Waals surface area contributed by atoms with Crippen LogP contribution < -0.4 is 24.4 Å². The first-order valence-electron chi connectivity index (χ1n) is 12.0. The fourth-order valence-electron chi connectivity index (χ4n) is 4.46. The van der Waals surface area contributed by atoms with Crippen molar-refractivity contribution in [3.05, 3.63) is 101 Å². The highest BCUT2D eigenvalue weighted by Crippen LogP contribution is 2.36. The predicted molar refractivity (Wildman–Crippen MR) is 152 cm³/mol. The van der Waals surface area contributed by atoms with E-state index in [-0.39, 0.29) is 22.6 Å². The maximum Gasteiger partial charge on any atom is 0.338 e. The van der Waals surface area contributed by atoms with Gasteiger partial charge in [-0.25, -0.2) is 9.79 Å². The molecule has 0 fully saturated rings. The van der Waals surface area contributed by atoms with Crippen LogP contribution in [0.1, 0.15) is 31.2 Å². The van der Waals surface area contributed by atoms with Crippen LogP contribution >= 0.6 is 27.3 Å². The minimum Gasteiger partial charge on any atom is -0.493 e. The minimum absolute atomic E-state index is 0.207. The molecule has 0 saturated heterocycles. The lowest BCUT2D eigenvalue weighted by molar-refractivity contribution is -0.136. The Morgan fingerprint density at radius 3 is 2.60 bits per heavy atom. The Morgan fingerprint density at radius 1 is 1.10 bits per heavy atom. The first-order valence-corrected chi connectivity index (χ1v) is 13.6. The van der Waals surface area contributed by atoms with Crippen molar-refractivity contribution in [1.82, 2.24) is 4.57 Å². The highest BCUT2D eigenvalue weighted by Gasteiger charge is 2.33. The van der Waals surface area contributed by atoms with E-state index in [1.165, 1.54) is 37.0 Å². The van der Waals surface area contributed by atoms with Crippen LogP contribution in [0.25, 0.3) is 17.4 Å². The van der Waals surface area contributed by atoms with Gasteiger partial charge < -0.3 is 18.6 Å². The third-order valence-corrected chi connectivity index (χ3v) is 7.67. The van der Waals surface area contributed by atoms with E-state index < -0.39 is 18.0 Å². The van der Waals surface area contributed by atoms with Crippen LogP contribution in [0.4, 0.5) is 0 Å². The van der Waals surface area contributed by atoms with Crippen molar-refractivity contribution < 1.29 is 28.2 Å². The Hall–Kier alpha value is -4.22. The quantitative estimate of drug-likeness (QED) is 0.232. The summed E-state index contributed by atoms with van der Waals surface area (Å²) >= 11 is 4.65. The summed E-state index contributed by atoms with van der Waals surface area (Å²) in [4.78, 5) is 43.2. The second-order valence-corrected chi connectivity index (χ2v) is 10.7. The van der Waals surface area contributed by atoms with Gasteiger partial charge >= 0.3 is 11.9 Å². The van der Waals surface area contributed by atoms with Gasteiger partial charge in [0.1, 0.15) is 11.5 Å². The number of benzene rings is 2. The molecule has 0 aliphatic carbocycles. The van der Waals surface area contributed by atoms with Crippen LogP contribution in [0.5, 0.6) is 11.5 Å². The number of rotatable bonds is 6. The van der Waals surface area contributed by atoms with Crippen molar-refractivity contribution in [2.45, 2.75) is 19.9 Å². The van der Waals surface area contributed by atoms with Gasteiger partial charge in [-0.1, -0.05) is 45.5 Å². The highest BCUT2D eigenvalue weighted by molar-refractivity contribution is 9.10. The Balaban J connectivity index is 1.65. The van der Waals surface area contributed by atoms with Crippen LogP contribution in [0.2, 0.25) is 0 Å². The number of carbonyl (C=O) groups excluding carboxylic acids is 2.